The van der Waals surface area contributed by atoms with E-state index in [1.165, 1.54) is 0 Å². The van der Waals surface area contributed by atoms with Gasteiger partial charge in [0.2, 0.25) is 0 Å². The molecule has 0 spiro atoms. The molecule has 1 nitrogen and oxygen atoms in total. The summed E-state index contributed by atoms with van der Waals surface area (Å²) in [4.78, 5) is 0. The molecule has 4 heteroatoms. The zero-order valence-electron chi connectivity index (χ0n) is 9.82. The van der Waals surface area contributed by atoms with Crippen molar-refractivity contribution in [2.75, 3.05) is 0 Å². The predicted octanol–water partition coefficient (Wildman–Crippen LogP) is 3.89. The minimum atomic E-state index is -4.06. The van der Waals surface area contributed by atoms with E-state index < -0.39 is 18.6 Å². The van der Waals surface area contributed by atoms with Crippen molar-refractivity contribution in [2.24, 2.45) is 0 Å². The third kappa shape index (κ3) is 8.73. The summed E-state index contributed by atoms with van der Waals surface area (Å²) in [5.41, 5.74) is 0. The summed E-state index contributed by atoms with van der Waals surface area (Å²) in [5.74, 6) is 0. The molecule has 0 saturated carbocycles. The van der Waals surface area contributed by atoms with Crippen molar-refractivity contribution in [3.8, 4) is 0 Å². The highest BCUT2D eigenvalue weighted by Crippen LogP contribution is 2.21. The Kier molecular flexibility index (Phi) is 6.98. The van der Waals surface area contributed by atoms with Gasteiger partial charge in [-0.1, -0.05) is 26.7 Å². The fourth-order valence-corrected chi connectivity index (χ4v) is 1.66. The van der Waals surface area contributed by atoms with Crippen LogP contribution in [0.3, 0.4) is 0 Å². The zero-order chi connectivity index (χ0) is 11.9. The third-order valence-corrected chi connectivity index (χ3v) is 2.46. The van der Waals surface area contributed by atoms with E-state index in [0.717, 1.165) is 25.7 Å². The summed E-state index contributed by atoms with van der Waals surface area (Å²) in [6, 6.07) is -0.255. The second kappa shape index (κ2) is 7.09. The van der Waals surface area contributed by atoms with Gasteiger partial charge in [-0.25, -0.2) is 0 Å². The molecule has 0 aromatic rings. The van der Waals surface area contributed by atoms with Crippen LogP contribution in [-0.2, 0) is 0 Å². The smallest absolute Gasteiger partial charge is 0.311 e. The first-order valence-corrected chi connectivity index (χ1v) is 5.71. The monoisotopic (exact) mass is 225 g/mol. The Balaban J connectivity index is 3.85. The van der Waals surface area contributed by atoms with Gasteiger partial charge in [-0.3, -0.25) is 0 Å². The molecule has 92 valence electrons. The zero-order valence-corrected chi connectivity index (χ0v) is 9.82. The number of rotatable bonds is 7. The van der Waals surface area contributed by atoms with E-state index in [0.29, 0.717) is 0 Å². The van der Waals surface area contributed by atoms with Crippen LogP contribution in [0.4, 0.5) is 13.2 Å². The number of unbranched alkanes of at least 4 members (excludes halogenated alkanes) is 1. The van der Waals surface area contributed by atoms with Gasteiger partial charge in [0.25, 0.3) is 0 Å². The first-order chi connectivity index (χ1) is 6.89. The standard InChI is InChI=1S/C11H22F3N/c1-4-6-7-10(5-2)15-9(3)8-11(12,13)14/h9-10,15H,4-8H2,1-3H3. The van der Waals surface area contributed by atoms with Gasteiger partial charge in [0.15, 0.2) is 0 Å². The van der Waals surface area contributed by atoms with E-state index in [1.807, 2.05) is 6.92 Å². The molecule has 0 rings (SSSR count). The number of hydrogen-bond acceptors (Lipinski definition) is 1. The molecule has 0 aromatic carbocycles. The highest BCUT2D eigenvalue weighted by molar-refractivity contribution is 4.72. The van der Waals surface area contributed by atoms with Crippen LogP contribution in [0, 0.1) is 0 Å². The molecule has 0 radical (unpaired) electrons. The fraction of sp³-hybridized carbons (Fsp3) is 1.00. The lowest BCUT2D eigenvalue weighted by atomic mass is 10.1. The molecule has 2 unspecified atom stereocenters. The van der Waals surface area contributed by atoms with Crippen LogP contribution in [0.2, 0.25) is 0 Å². The number of halogens is 3. The van der Waals surface area contributed by atoms with Crippen LogP contribution in [-0.4, -0.2) is 18.3 Å². The van der Waals surface area contributed by atoms with E-state index in [9.17, 15) is 13.2 Å². The van der Waals surface area contributed by atoms with Crippen molar-refractivity contribution >= 4 is 0 Å². The summed E-state index contributed by atoms with van der Waals surface area (Å²) in [6.07, 6.45) is -0.779. The molecular weight excluding hydrogens is 203 g/mol. The van der Waals surface area contributed by atoms with E-state index >= 15 is 0 Å². The fourth-order valence-electron chi connectivity index (χ4n) is 1.66. The SMILES string of the molecule is CCCCC(CC)NC(C)CC(F)(F)F. The molecule has 0 aliphatic carbocycles. The van der Waals surface area contributed by atoms with Gasteiger partial charge in [-0.15, -0.1) is 0 Å². The van der Waals surface area contributed by atoms with Gasteiger partial charge in [0.05, 0.1) is 6.42 Å². The van der Waals surface area contributed by atoms with Crippen molar-refractivity contribution in [3.63, 3.8) is 0 Å². The van der Waals surface area contributed by atoms with E-state index in [1.54, 1.807) is 6.92 Å². The Bertz CT molecular complexity index is 156. The molecule has 1 N–H and O–H groups in total. The topological polar surface area (TPSA) is 12.0 Å². The summed E-state index contributed by atoms with van der Waals surface area (Å²) in [5, 5.41) is 3.04. The molecule has 0 aliphatic heterocycles. The molecular formula is C11H22F3N. The van der Waals surface area contributed by atoms with E-state index in [2.05, 4.69) is 12.2 Å². The largest absolute Gasteiger partial charge is 0.390 e. The normalized spacial score (nSPS) is 16.4. The second-order valence-corrected chi connectivity index (χ2v) is 4.13. The van der Waals surface area contributed by atoms with Crippen molar-refractivity contribution in [3.05, 3.63) is 0 Å². The average Bonchev–Trinajstić information content (AvgIpc) is 2.09. The van der Waals surface area contributed by atoms with Crippen molar-refractivity contribution < 1.29 is 13.2 Å². The van der Waals surface area contributed by atoms with Crippen LogP contribution in [0.15, 0.2) is 0 Å². The van der Waals surface area contributed by atoms with Crippen molar-refractivity contribution in [2.45, 2.75) is 71.1 Å². The quantitative estimate of drug-likeness (QED) is 0.693. The maximum atomic E-state index is 12.1. The molecule has 0 saturated heterocycles. The minimum absolute atomic E-state index is 0.224. The van der Waals surface area contributed by atoms with Crippen LogP contribution >= 0.6 is 0 Å². The predicted molar refractivity (Wildman–Crippen MR) is 56.9 cm³/mol. The first-order valence-electron chi connectivity index (χ1n) is 5.71. The van der Waals surface area contributed by atoms with Crippen molar-refractivity contribution in [1.82, 2.24) is 5.32 Å². The summed E-state index contributed by atoms with van der Waals surface area (Å²) >= 11 is 0. The van der Waals surface area contributed by atoms with Gasteiger partial charge >= 0.3 is 6.18 Å². The van der Waals surface area contributed by atoms with Crippen LogP contribution < -0.4 is 5.32 Å². The lowest BCUT2D eigenvalue weighted by Crippen LogP contribution is -2.38. The van der Waals surface area contributed by atoms with Crippen LogP contribution in [0.1, 0.15) is 52.9 Å². The lowest BCUT2D eigenvalue weighted by Gasteiger charge is -2.23. The Morgan fingerprint density at radius 2 is 1.80 bits per heavy atom. The van der Waals surface area contributed by atoms with Crippen molar-refractivity contribution in [1.29, 1.82) is 0 Å². The van der Waals surface area contributed by atoms with Crippen LogP contribution in [0.5, 0.6) is 0 Å². The Hall–Kier alpha value is -0.250. The highest BCUT2D eigenvalue weighted by atomic mass is 19.4. The molecule has 0 bridgehead atoms. The minimum Gasteiger partial charge on any atom is -0.311 e. The Morgan fingerprint density at radius 3 is 2.20 bits per heavy atom. The van der Waals surface area contributed by atoms with Gasteiger partial charge in [0, 0.05) is 12.1 Å². The molecule has 0 amide bonds. The number of alkyl halides is 3. The molecule has 0 aromatic heterocycles. The first kappa shape index (κ1) is 14.8. The molecule has 0 fully saturated rings. The molecule has 0 heterocycles. The van der Waals surface area contributed by atoms with Gasteiger partial charge < -0.3 is 5.32 Å². The Labute approximate surface area is 90.4 Å². The maximum absolute atomic E-state index is 12.1. The molecule has 0 aliphatic rings. The summed E-state index contributed by atoms with van der Waals surface area (Å²) < 4.78 is 36.2. The number of hydrogen-bond donors (Lipinski definition) is 1. The average molecular weight is 225 g/mol. The second-order valence-electron chi connectivity index (χ2n) is 4.13. The highest BCUT2D eigenvalue weighted by Gasteiger charge is 2.30. The maximum Gasteiger partial charge on any atom is 0.390 e. The van der Waals surface area contributed by atoms with Gasteiger partial charge in [-0.2, -0.15) is 13.2 Å². The summed E-state index contributed by atoms with van der Waals surface area (Å²) in [6.45, 7) is 5.70. The van der Waals surface area contributed by atoms with Gasteiger partial charge in [0.1, 0.15) is 0 Å². The number of nitrogens with one attached hydrogen (secondary N) is 1. The van der Waals surface area contributed by atoms with Gasteiger partial charge in [-0.05, 0) is 19.8 Å². The van der Waals surface area contributed by atoms with E-state index in [-0.39, 0.29) is 6.04 Å². The molecule has 2 atom stereocenters. The van der Waals surface area contributed by atoms with Crippen LogP contribution in [0.25, 0.3) is 0 Å². The third-order valence-electron chi connectivity index (χ3n) is 2.46. The Morgan fingerprint density at radius 1 is 1.20 bits per heavy atom. The lowest BCUT2D eigenvalue weighted by molar-refractivity contribution is -0.139. The molecule has 15 heavy (non-hydrogen) atoms. The van der Waals surface area contributed by atoms with E-state index in [4.69, 9.17) is 0 Å². The summed E-state index contributed by atoms with van der Waals surface area (Å²) in [7, 11) is 0.